The van der Waals surface area contributed by atoms with Crippen LogP contribution in [0.1, 0.15) is 5.56 Å². The number of nitrogens with one attached hydrogen (secondary N) is 2. The van der Waals surface area contributed by atoms with Crippen LogP contribution in [0, 0.1) is 0 Å². The summed E-state index contributed by atoms with van der Waals surface area (Å²) in [7, 11) is 0. The Labute approximate surface area is 136 Å². The second-order valence-corrected chi connectivity index (χ2v) is 4.49. The van der Waals surface area contributed by atoms with Gasteiger partial charge in [-0.05, 0) is 35.7 Å². The molecule has 0 spiro atoms. The predicted molar refractivity (Wildman–Crippen MR) is 92.0 cm³/mol. The zero-order valence-electron chi connectivity index (χ0n) is 12.0. The largest absolute Gasteiger partial charge is 0.481 e. The number of hydrogen-bond donors (Lipinski definition) is 3. The van der Waals surface area contributed by atoms with Gasteiger partial charge in [-0.15, -0.1) is 0 Å². The van der Waals surface area contributed by atoms with Gasteiger partial charge in [-0.3, -0.25) is 4.79 Å². The van der Waals surface area contributed by atoms with E-state index in [1.807, 2.05) is 42.2 Å². The Kier molecular flexibility index (Phi) is 5.55. The minimum atomic E-state index is -0.831. The molecular weight excluding hydrogens is 346 g/mol. The quantitative estimate of drug-likeness (QED) is 0.615. The molecule has 1 heterocycles. The van der Waals surface area contributed by atoms with E-state index in [0.29, 0.717) is 5.95 Å². The van der Waals surface area contributed by atoms with Crippen molar-refractivity contribution in [2.45, 2.75) is 6.42 Å². The summed E-state index contributed by atoms with van der Waals surface area (Å²) in [5.74, 6) is 1.65. The van der Waals surface area contributed by atoms with Crippen LogP contribution in [0.4, 0.5) is 11.6 Å². The number of benzene rings is 2. The SMILES string of the molecule is CBr.O=C(O)Cc1ccc(Nc2nc3ccccc3[nH]2)cc1. The average molecular weight is 362 g/mol. The van der Waals surface area contributed by atoms with E-state index in [2.05, 4.69) is 31.2 Å². The highest BCUT2D eigenvalue weighted by molar-refractivity contribution is 9.08. The number of carboxylic acid groups (broad SMARTS) is 1. The lowest BCUT2D eigenvalue weighted by molar-refractivity contribution is -0.136. The summed E-state index contributed by atoms with van der Waals surface area (Å²) in [4.78, 5) is 18.2. The molecule has 3 rings (SSSR count). The molecule has 0 aliphatic rings. The second kappa shape index (κ2) is 7.61. The molecule has 2 aromatic carbocycles. The zero-order valence-corrected chi connectivity index (χ0v) is 13.6. The lowest BCUT2D eigenvalue weighted by atomic mass is 10.1. The number of aromatic amines is 1. The number of aromatic nitrogens is 2. The van der Waals surface area contributed by atoms with Crippen LogP contribution in [0.3, 0.4) is 0 Å². The first kappa shape index (κ1) is 16.0. The van der Waals surface area contributed by atoms with Crippen LogP contribution in [0.5, 0.6) is 0 Å². The molecule has 22 heavy (non-hydrogen) atoms. The van der Waals surface area contributed by atoms with Gasteiger partial charge in [0.05, 0.1) is 17.5 Å². The molecule has 0 amide bonds. The van der Waals surface area contributed by atoms with Crippen molar-refractivity contribution in [2.24, 2.45) is 0 Å². The van der Waals surface area contributed by atoms with Crippen molar-refractivity contribution in [3.63, 3.8) is 0 Å². The van der Waals surface area contributed by atoms with Crippen molar-refractivity contribution in [1.82, 2.24) is 9.97 Å². The Bertz CT molecular complexity index is 720. The normalized spacial score (nSPS) is 9.91. The van der Waals surface area contributed by atoms with Crippen LogP contribution in [0.25, 0.3) is 11.0 Å². The Balaban J connectivity index is 0.000000847. The third kappa shape index (κ3) is 4.08. The third-order valence-corrected chi connectivity index (χ3v) is 2.96. The molecule has 114 valence electrons. The maximum Gasteiger partial charge on any atom is 0.307 e. The molecule has 0 fully saturated rings. The summed E-state index contributed by atoms with van der Waals surface area (Å²) in [6.45, 7) is 0. The molecule has 0 bridgehead atoms. The summed E-state index contributed by atoms with van der Waals surface area (Å²) < 4.78 is 0. The van der Waals surface area contributed by atoms with Gasteiger partial charge in [0, 0.05) is 5.69 Å². The van der Waals surface area contributed by atoms with Gasteiger partial charge < -0.3 is 15.4 Å². The average Bonchev–Trinajstić information content (AvgIpc) is 2.93. The summed E-state index contributed by atoms with van der Waals surface area (Å²) in [5.41, 5.74) is 3.50. The molecule has 0 saturated heterocycles. The lowest BCUT2D eigenvalue weighted by Crippen LogP contribution is -2.00. The first-order valence-electron chi connectivity index (χ1n) is 6.61. The van der Waals surface area contributed by atoms with Gasteiger partial charge in [0.2, 0.25) is 5.95 Å². The number of aliphatic carboxylic acids is 1. The van der Waals surface area contributed by atoms with Crippen molar-refractivity contribution in [2.75, 3.05) is 11.1 Å². The number of H-pyrrole nitrogens is 1. The van der Waals surface area contributed by atoms with E-state index < -0.39 is 5.97 Å². The van der Waals surface area contributed by atoms with Crippen molar-refractivity contribution in [3.05, 3.63) is 54.1 Å². The fourth-order valence-electron chi connectivity index (χ4n) is 2.03. The smallest absolute Gasteiger partial charge is 0.307 e. The molecule has 3 aromatic rings. The van der Waals surface area contributed by atoms with Crippen molar-refractivity contribution < 1.29 is 9.90 Å². The highest BCUT2D eigenvalue weighted by Crippen LogP contribution is 2.18. The van der Waals surface area contributed by atoms with E-state index in [9.17, 15) is 4.79 Å². The van der Waals surface area contributed by atoms with Gasteiger partial charge in [0.25, 0.3) is 0 Å². The topological polar surface area (TPSA) is 78.0 Å². The maximum absolute atomic E-state index is 10.6. The van der Waals surface area contributed by atoms with Crippen molar-refractivity contribution >= 4 is 44.6 Å². The number of carboxylic acids is 1. The van der Waals surface area contributed by atoms with Crippen molar-refractivity contribution in [3.8, 4) is 0 Å². The van der Waals surface area contributed by atoms with E-state index in [-0.39, 0.29) is 6.42 Å². The summed E-state index contributed by atoms with van der Waals surface area (Å²) in [6, 6.07) is 15.0. The molecule has 0 unspecified atom stereocenters. The number of hydrogen-bond acceptors (Lipinski definition) is 3. The fourth-order valence-corrected chi connectivity index (χ4v) is 2.03. The lowest BCUT2D eigenvalue weighted by Gasteiger charge is -2.03. The number of anilines is 2. The van der Waals surface area contributed by atoms with Crippen LogP contribution in [0.15, 0.2) is 48.5 Å². The molecule has 0 atom stereocenters. The minimum absolute atomic E-state index is 0.0327. The van der Waals surface area contributed by atoms with E-state index in [0.717, 1.165) is 22.3 Å². The molecule has 6 heteroatoms. The van der Waals surface area contributed by atoms with Gasteiger partial charge in [-0.25, -0.2) is 4.98 Å². The van der Waals surface area contributed by atoms with Gasteiger partial charge in [-0.2, -0.15) is 0 Å². The number of rotatable bonds is 4. The molecule has 5 nitrogen and oxygen atoms in total. The Morgan fingerprint density at radius 1 is 1.18 bits per heavy atom. The number of para-hydroxylation sites is 2. The van der Waals surface area contributed by atoms with Crippen LogP contribution < -0.4 is 5.32 Å². The van der Waals surface area contributed by atoms with E-state index in [4.69, 9.17) is 5.11 Å². The molecule has 1 aromatic heterocycles. The number of nitrogens with zero attached hydrogens (tertiary/aromatic N) is 1. The van der Waals surface area contributed by atoms with Crippen LogP contribution >= 0.6 is 15.9 Å². The molecule has 0 saturated carbocycles. The first-order valence-corrected chi connectivity index (χ1v) is 8.19. The first-order chi connectivity index (χ1) is 10.7. The highest BCUT2D eigenvalue weighted by Gasteiger charge is 2.03. The third-order valence-electron chi connectivity index (χ3n) is 2.96. The van der Waals surface area contributed by atoms with E-state index in [1.54, 1.807) is 12.1 Å². The van der Waals surface area contributed by atoms with Gasteiger partial charge in [-0.1, -0.05) is 40.2 Å². The van der Waals surface area contributed by atoms with Gasteiger partial charge in [0.1, 0.15) is 0 Å². The molecular formula is C16H16BrN3O2. The fraction of sp³-hybridized carbons (Fsp3) is 0.125. The summed E-state index contributed by atoms with van der Waals surface area (Å²) in [6.07, 6.45) is 0.0327. The Morgan fingerprint density at radius 2 is 1.86 bits per heavy atom. The number of fused-ring (bicyclic) bond motifs is 1. The summed E-state index contributed by atoms with van der Waals surface area (Å²) in [5, 5.41) is 11.9. The Hall–Kier alpha value is -2.34. The highest BCUT2D eigenvalue weighted by atomic mass is 79.9. The predicted octanol–water partition coefficient (Wildman–Crippen LogP) is 3.94. The van der Waals surface area contributed by atoms with E-state index >= 15 is 0 Å². The number of halogens is 1. The number of imidazole rings is 1. The molecule has 0 aliphatic carbocycles. The number of alkyl halides is 1. The Morgan fingerprint density at radius 3 is 2.50 bits per heavy atom. The monoisotopic (exact) mass is 361 g/mol. The van der Waals surface area contributed by atoms with E-state index in [1.165, 1.54) is 0 Å². The van der Waals surface area contributed by atoms with Crippen LogP contribution in [-0.4, -0.2) is 26.9 Å². The summed E-state index contributed by atoms with van der Waals surface area (Å²) >= 11 is 2.94. The maximum atomic E-state index is 10.6. The standard InChI is InChI=1S/C15H13N3O2.CH3Br/c19-14(20)9-10-5-7-11(8-6-10)16-15-17-12-3-1-2-4-13(12)18-15;1-2/h1-8H,9H2,(H,19,20)(H2,16,17,18);1H3. The van der Waals surface area contributed by atoms with Crippen LogP contribution in [-0.2, 0) is 11.2 Å². The molecule has 0 radical (unpaired) electrons. The molecule has 3 N–H and O–H groups in total. The van der Waals surface area contributed by atoms with Crippen molar-refractivity contribution in [1.29, 1.82) is 0 Å². The van der Waals surface area contributed by atoms with Gasteiger partial charge in [0.15, 0.2) is 0 Å². The van der Waals surface area contributed by atoms with Crippen LogP contribution in [0.2, 0.25) is 0 Å². The molecule has 0 aliphatic heterocycles. The number of carbonyl (C=O) groups is 1. The van der Waals surface area contributed by atoms with Gasteiger partial charge >= 0.3 is 5.97 Å². The second-order valence-electron chi connectivity index (χ2n) is 4.49. The minimum Gasteiger partial charge on any atom is -0.481 e. The zero-order chi connectivity index (χ0) is 15.9.